The highest BCUT2D eigenvalue weighted by Gasteiger charge is 2.17. The third-order valence-electron chi connectivity index (χ3n) is 4.57. The monoisotopic (exact) mass is 402 g/mol. The van der Waals surface area contributed by atoms with Crippen molar-refractivity contribution in [2.24, 2.45) is 0 Å². The number of amides is 1. The Morgan fingerprint density at radius 2 is 1.70 bits per heavy atom. The van der Waals surface area contributed by atoms with Crippen molar-refractivity contribution in [2.75, 3.05) is 12.4 Å². The maximum atomic E-state index is 14.3. The normalized spacial score (nSPS) is 10.6. The van der Waals surface area contributed by atoms with E-state index in [0.717, 1.165) is 5.56 Å². The average molecular weight is 402 g/mol. The van der Waals surface area contributed by atoms with E-state index in [1.165, 1.54) is 17.9 Å². The minimum Gasteiger partial charge on any atom is -0.466 e. The van der Waals surface area contributed by atoms with Gasteiger partial charge in [-0.05, 0) is 55.5 Å². The fourth-order valence-corrected chi connectivity index (χ4v) is 2.97. The number of carbonyl (C=O) groups excluding carboxylic acids is 1. The van der Waals surface area contributed by atoms with E-state index in [1.807, 2.05) is 19.1 Å². The van der Waals surface area contributed by atoms with Crippen molar-refractivity contribution >= 4 is 11.6 Å². The summed E-state index contributed by atoms with van der Waals surface area (Å²) >= 11 is 0. The number of aromatic nitrogens is 3. The first-order valence-corrected chi connectivity index (χ1v) is 9.29. The molecule has 0 unspecified atom stereocenters. The summed E-state index contributed by atoms with van der Waals surface area (Å²) in [7, 11) is 1.45. The lowest BCUT2D eigenvalue weighted by atomic mass is 10.1. The molecule has 1 aromatic heterocycles. The number of aryl methyl sites for hydroxylation is 1. The molecule has 3 aromatic carbocycles. The van der Waals surface area contributed by atoms with Gasteiger partial charge in [0.2, 0.25) is 0 Å². The van der Waals surface area contributed by atoms with Gasteiger partial charge in [-0.15, -0.1) is 5.10 Å². The van der Waals surface area contributed by atoms with Crippen molar-refractivity contribution in [3.05, 3.63) is 89.7 Å². The molecule has 1 heterocycles. The van der Waals surface area contributed by atoms with Gasteiger partial charge in [-0.25, -0.2) is 9.07 Å². The predicted octanol–water partition coefficient (Wildman–Crippen LogP) is 4.64. The molecule has 0 saturated heterocycles. The Hall–Kier alpha value is -4.00. The lowest BCUT2D eigenvalue weighted by molar-refractivity contribution is 0.102. The first kappa shape index (κ1) is 19.3. The largest absolute Gasteiger partial charge is 0.466 e. The third-order valence-corrected chi connectivity index (χ3v) is 4.57. The highest BCUT2D eigenvalue weighted by Crippen LogP contribution is 2.26. The molecule has 0 saturated carbocycles. The SMILES string of the molecule is COc1nc(-c2ccccc2F)n(-c2ccc(NC(=O)c3ccc(C)cc3)cc2)n1. The summed E-state index contributed by atoms with van der Waals surface area (Å²) in [5, 5.41) is 7.15. The van der Waals surface area contributed by atoms with Gasteiger partial charge in [-0.1, -0.05) is 29.8 Å². The van der Waals surface area contributed by atoms with Gasteiger partial charge in [0, 0.05) is 11.3 Å². The van der Waals surface area contributed by atoms with Crippen LogP contribution in [0.1, 0.15) is 15.9 Å². The molecule has 0 fully saturated rings. The van der Waals surface area contributed by atoms with E-state index in [9.17, 15) is 9.18 Å². The van der Waals surface area contributed by atoms with E-state index in [-0.39, 0.29) is 11.9 Å². The molecule has 4 aromatic rings. The van der Waals surface area contributed by atoms with Gasteiger partial charge in [0.15, 0.2) is 5.82 Å². The second-order valence-electron chi connectivity index (χ2n) is 6.68. The zero-order valence-electron chi connectivity index (χ0n) is 16.5. The number of hydrogen-bond donors (Lipinski definition) is 1. The topological polar surface area (TPSA) is 69.0 Å². The van der Waals surface area contributed by atoms with Crippen molar-refractivity contribution in [3.8, 4) is 23.1 Å². The standard InChI is InChI=1S/C23H19FN4O2/c1-15-7-9-16(10-8-15)22(29)25-17-11-13-18(14-12-17)28-21(26-23(27-28)30-2)19-5-3-4-6-20(19)24/h3-14H,1-2H3,(H,25,29). The van der Waals surface area contributed by atoms with Crippen molar-refractivity contribution in [3.63, 3.8) is 0 Å². The Labute approximate surface area is 173 Å². The number of halogens is 1. The molecule has 6 nitrogen and oxygen atoms in total. The van der Waals surface area contributed by atoms with Crippen molar-refractivity contribution in [2.45, 2.75) is 6.92 Å². The number of ether oxygens (including phenoxy) is 1. The summed E-state index contributed by atoms with van der Waals surface area (Å²) in [4.78, 5) is 16.7. The molecular weight excluding hydrogens is 383 g/mol. The highest BCUT2D eigenvalue weighted by molar-refractivity contribution is 6.04. The predicted molar refractivity (Wildman–Crippen MR) is 112 cm³/mol. The van der Waals surface area contributed by atoms with Crippen LogP contribution in [0.4, 0.5) is 10.1 Å². The van der Waals surface area contributed by atoms with Gasteiger partial charge >= 0.3 is 6.01 Å². The van der Waals surface area contributed by atoms with Crippen LogP contribution in [0.15, 0.2) is 72.8 Å². The minimum absolute atomic E-state index is 0.130. The van der Waals surface area contributed by atoms with Gasteiger partial charge < -0.3 is 10.1 Å². The minimum atomic E-state index is -0.407. The molecular formula is C23H19FN4O2. The Kier molecular flexibility index (Phi) is 5.26. The quantitative estimate of drug-likeness (QED) is 0.528. The molecule has 0 bridgehead atoms. The number of nitrogens with one attached hydrogen (secondary N) is 1. The molecule has 0 aliphatic heterocycles. The Morgan fingerprint density at radius 3 is 2.37 bits per heavy atom. The second kappa shape index (κ2) is 8.16. The van der Waals surface area contributed by atoms with Crippen LogP contribution in [0.5, 0.6) is 6.01 Å². The number of carbonyl (C=O) groups is 1. The van der Waals surface area contributed by atoms with E-state index in [2.05, 4.69) is 15.4 Å². The smallest absolute Gasteiger partial charge is 0.336 e. The molecule has 4 rings (SSSR count). The average Bonchev–Trinajstić information content (AvgIpc) is 3.19. The summed E-state index contributed by atoms with van der Waals surface area (Å²) < 4.78 is 20.9. The zero-order chi connectivity index (χ0) is 21.1. The molecule has 0 atom stereocenters. The van der Waals surface area contributed by atoms with Crippen molar-refractivity contribution in [1.82, 2.24) is 14.8 Å². The van der Waals surface area contributed by atoms with Crippen LogP contribution in [0.25, 0.3) is 17.1 Å². The molecule has 0 radical (unpaired) electrons. The molecule has 1 amide bonds. The Balaban J connectivity index is 1.61. The van der Waals surface area contributed by atoms with Gasteiger partial charge in [0.1, 0.15) is 5.82 Å². The van der Waals surface area contributed by atoms with Gasteiger partial charge in [-0.2, -0.15) is 4.98 Å². The van der Waals surface area contributed by atoms with E-state index in [1.54, 1.807) is 54.6 Å². The number of nitrogens with zero attached hydrogens (tertiary/aromatic N) is 3. The van der Waals surface area contributed by atoms with E-state index in [0.29, 0.717) is 28.3 Å². The molecule has 0 aliphatic carbocycles. The molecule has 7 heteroatoms. The zero-order valence-corrected chi connectivity index (χ0v) is 16.5. The number of rotatable bonds is 5. The number of anilines is 1. The second-order valence-corrected chi connectivity index (χ2v) is 6.68. The Bertz CT molecular complexity index is 1180. The fourth-order valence-electron chi connectivity index (χ4n) is 2.97. The van der Waals surface area contributed by atoms with Crippen LogP contribution in [0.3, 0.4) is 0 Å². The number of methoxy groups -OCH3 is 1. The van der Waals surface area contributed by atoms with Crippen LogP contribution in [-0.2, 0) is 0 Å². The summed E-state index contributed by atoms with van der Waals surface area (Å²) in [6.45, 7) is 1.97. The number of hydrogen-bond acceptors (Lipinski definition) is 4. The van der Waals surface area contributed by atoms with E-state index < -0.39 is 5.82 Å². The summed E-state index contributed by atoms with van der Waals surface area (Å²) in [6.07, 6.45) is 0. The Morgan fingerprint density at radius 1 is 1.00 bits per heavy atom. The van der Waals surface area contributed by atoms with Gasteiger partial charge in [0.05, 0.1) is 18.4 Å². The highest BCUT2D eigenvalue weighted by atomic mass is 19.1. The van der Waals surface area contributed by atoms with E-state index >= 15 is 0 Å². The van der Waals surface area contributed by atoms with Crippen LogP contribution in [0, 0.1) is 12.7 Å². The first-order chi connectivity index (χ1) is 14.5. The van der Waals surface area contributed by atoms with Crippen LogP contribution >= 0.6 is 0 Å². The van der Waals surface area contributed by atoms with Gasteiger partial charge in [0.25, 0.3) is 5.91 Å². The molecule has 0 aliphatic rings. The van der Waals surface area contributed by atoms with E-state index in [4.69, 9.17) is 4.74 Å². The molecule has 30 heavy (non-hydrogen) atoms. The van der Waals surface area contributed by atoms with Gasteiger partial charge in [-0.3, -0.25) is 4.79 Å². The first-order valence-electron chi connectivity index (χ1n) is 9.29. The van der Waals surface area contributed by atoms with Crippen LogP contribution in [-0.4, -0.2) is 27.8 Å². The maximum Gasteiger partial charge on any atom is 0.336 e. The summed E-state index contributed by atoms with van der Waals surface area (Å²) in [5.74, 6) is -0.283. The summed E-state index contributed by atoms with van der Waals surface area (Å²) in [5.41, 5.74) is 3.25. The fraction of sp³-hybridized carbons (Fsp3) is 0.0870. The third kappa shape index (κ3) is 3.91. The lowest BCUT2D eigenvalue weighted by Gasteiger charge is -2.09. The molecule has 0 spiro atoms. The maximum absolute atomic E-state index is 14.3. The van der Waals surface area contributed by atoms with Crippen molar-refractivity contribution in [1.29, 1.82) is 0 Å². The molecule has 1 N–H and O–H groups in total. The molecule has 150 valence electrons. The van der Waals surface area contributed by atoms with Crippen molar-refractivity contribution < 1.29 is 13.9 Å². The summed E-state index contributed by atoms with van der Waals surface area (Å²) in [6, 6.07) is 20.8. The van der Waals surface area contributed by atoms with Crippen LogP contribution < -0.4 is 10.1 Å². The van der Waals surface area contributed by atoms with Crippen LogP contribution in [0.2, 0.25) is 0 Å². The lowest BCUT2D eigenvalue weighted by Crippen LogP contribution is -2.11. The number of benzene rings is 3.